The average Bonchev–Trinajstić information content (AvgIpc) is 3.21. The van der Waals surface area contributed by atoms with E-state index >= 15 is 0 Å². The van der Waals surface area contributed by atoms with Crippen LogP contribution < -0.4 is 0 Å². The van der Waals surface area contributed by atoms with Gasteiger partial charge in [0.25, 0.3) is 5.91 Å². The van der Waals surface area contributed by atoms with Gasteiger partial charge in [0.1, 0.15) is 12.2 Å². The zero-order chi connectivity index (χ0) is 15.1. The molecule has 1 saturated heterocycles. The van der Waals surface area contributed by atoms with Gasteiger partial charge in [0.2, 0.25) is 0 Å². The molecule has 2 aromatic heterocycles. The smallest absolute Gasteiger partial charge is 0.263 e. The lowest BCUT2D eigenvalue weighted by atomic mass is 9.97. The number of carbonyl (C=O) groups is 1. The summed E-state index contributed by atoms with van der Waals surface area (Å²) in [5.74, 6) is 1.49. The highest BCUT2D eigenvalue weighted by molar-refractivity contribution is 7.14. The molecule has 0 unspecified atom stereocenters. The van der Waals surface area contributed by atoms with Gasteiger partial charge >= 0.3 is 0 Å². The highest BCUT2D eigenvalue weighted by Gasteiger charge is 2.29. The van der Waals surface area contributed by atoms with Gasteiger partial charge in [0.15, 0.2) is 0 Å². The van der Waals surface area contributed by atoms with Crippen molar-refractivity contribution in [1.82, 2.24) is 19.7 Å². The molecule has 1 fully saturated rings. The summed E-state index contributed by atoms with van der Waals surface area (Å²) in [4.78, 5) is 17.1. The van der Waals surface area contributed by atoms with Crippen LogP contribution in [0, 0.1) is 0 Å². The summed E-state index contributed by atoms with van der Waals surface area (Å²) in [5, 5.41) is 8.19. The highest BCUT2D eigenvalue weighted by Crippen LogP contribution is 2.33. The molecule has 0 radical (unpaired) electrons. The lowest BCUT2D eigenvalue weighted by Gasteiger charge is -2.31. The van der Waals surface area contributed by atoms with Crippen molar-refractivity contribution in [3.63, 3.8) is 0 Å². The second kappa shape index (κ2) is 5.50. The van der Waals surface area contributed by atoms with Crippen LogP contribution in [-0.4, -0.2) is 38.7 Å². The van der Waals surface area contributed by atoms with E-state index in [4.69, 9.17) is 0 Å². The van der Waals surface area contributed by atoms with Gasteiger partial charge in [-0.05, 0) is 43.7 Å². The van der Waals surface area contributed by atoms with Crippen LogP contribution in [0.15, 0.2) is 12.4 Å². The van der Waals surface area contributed by atoms with Crippen LogP contribution in [-0.2, 0) is 19.9 Å². The molecule has 1 atom stereocenters. The van der Waals surface area contributed by atoms with Gasteiger partial charge < -0.3 is 9.47 Å². The van der Waals surface area contributed by atoms with Crippen molar-refractivity contribution in [2.75, 3.05) is 13.1 Å². The Labute approximate surface area is 134 Å². The van der Waals surface area contributed by atoms with Crippen molar-refractivity contribution in [2.24, 2.45) is 7.05 Å². The summed E-state index contributed by atoms with van der Waals surface area (Å²) in [7, 11) is 1.97. The Kier molecular flexibility index (Phi) is 3.48. The number of piperidine rings is 1. The third-order valence-corrected chi connectivity index (χ3v) is 6.00. The SMILES string of the molecule is Cn1cnnc1[C@@H]1CCCN(C(=O)c2cc3c(s2)CCC3)C1. The van der Waals surface area contributed by atoms with E-state index in [0.717, 1.165) is 49.5 Å². The Bertz CT molecular complexity index is 683. The maximum absolute atomic E-state index is 12.8. The van der Waals surface area contributed by atoms with E-state index in [2.05, 4.69) is 16.3 Å². The first-order valence-corrected chi connectivity index (χ1v) is 8.79. The lowest BCUT2D eigenvalue weighted by molar-refractivity contribution is 0.0708. The van der Waals surface area contributed by atoms with E-state index in [1.54, 1.807) is 17.7 Å². The minimum absolute atomic E-state index is 0.200. The summed E-state index contributed by atoms with van der Waals surface area (Å²) in [5.41, 5.74) is 1.40. The minimum atomic E-state index is 0.200. The molecule has 1 amide bonds. The molecule has 0 aromatic carbocycles. The van der Waals surface area contributed by atoms with Gasteiger partial charge in [0, 0.05) is 30.9 Å². The predicted octanol–water partition coefficient (Wildman–Crippen LogP) is 2.39. The van der Waals surface area contributed by atoms with E-state index in [0.29, 0.717) is 5.92 Å². The maximum atomic E-state index is 12.8. The molecule has 22 heavy (non-hydrogen) atoms. The Morgan fingerprint density at radius 1 is 1.36 bits per heavy atom. The maximum Gasteiger partial charge on any atom is 0.263 e. The van der Waals surface area contributed by atoms with E-state index in [-0.39, 0.29) is 5.91 Å². The number of aryl methyl sites for hydroxylation is 3. The fourth-order valence-electron chi connectivity index (χ4n) is 3.62. The number of aromatic nitrogens is 3. The zero-order valence-corrected chi connectivity index (χ0v) is 13.6. The minimum Gasteiger partial charge on any atom is -0.337 e. The fourth-order valence-corrected chi connectivity index (χ4v) is 4.85. The van der Waals surface area contributed by atoms with Crippen molar-refractivity contribution >= 4 is 17.2 Å². The fraction of sp³-hybridized carbons (Fsp3) is 0.562. The molecule has 5 nitrogen and oxygen atoms in total. The summed E-state index contributed by atoms with van der Waals surface area (Å²) < 4.78 is 1.97. The molecule has 4 rings (SSSR count). The summed E-state index contributed by atoms with van der Waals surface area (Å²) in [6.45, 7) is 1.61. The third-order valence-electron chi connectivity index (χ3n) is 4.78. The standard InChI is InChI=1S/C16H20N4OS/c1-19-10-17-18-15(19)12-5-3-7-20(9-12)16(21)14-8-11-4-2-6-13(11)22-14/h8,10,12H,2-7,9H2,1H3/t12-/m1/s1. The molecule has 0 bridgehead atoms. The molecule has 1 aliphatic carbocycles. The normalized spacial score (nSPS) is 21.1. The zero-order valence-electron chi connectivity index (χ0n) is 12.8. The van der Waals surface area contributed by atoms with Crippen LogP contribution in [0.3, 0.4) is 0 Å². The summed E-state index contributed by atoms with van der Waals surface area (Å²) in [6, 6.07) is 2.13. The van der Waals surface area contributed by atoms with Gasteiger partial charge in [-0.2, -0.15) is 0 Å². The highest BCUT2D eigenvalue weighted by atomic mass is 32.1. The Hall–Kier alpha value is -1.69. The Balaban J connectivity index is 1.52. The molecular weight excluding hydrogens is 296 g/mol. The quantitative estimate of drug-likeness (QED) is 0.855. The van der Waals surface area contributed by atoms with E-state index < -0.39 is 0 Å². The number of carbonyl (C=O) groups excluding carboxylic acids is 1. The first-order valence-electron chi connectivity index (χ1n) is 7.97. The first kappa shape index (κ1) is 13.9. The van der Waals surface area contributed by atoms with Gasteiger partial charge in [-0.15, -0.1) is 21.5 Å². The van der Waals surface area contributed by atoms with Gasteiger partial charge in [-0.1, -0.05) is 0 Å². The van der Waals surface area contributed by atoms with Crippen LogP contribution >= 0.6 is 11.3 Å². The van der Waals surface area contributed by atoms with Crippen LogP contribution in [0.4, 0.5) is 0 Å². The number of amides is 1. The second-order valence-corrected chi connectivity index (χ2v) is 7.44. The summed E-state index contributed by atoms with van der Waals surface area (Å²) in [6.07, 6.45) is 7.38. The first-order chi connectivity index (χ1) is 10.7. The van der Waals surface area contributed by atoms with Gasteiger partial charge in [-0.3, -0.25) is 4.79 Å². The number of fused-ring (bicyclic) bond motifs is 1. The van der Waals surface area contributed by atoms with Crippen molar-refractivity contribution in [2.45, 2.75) is 38.0 Å². The van der Waals surface area contributed by atoms with Crippen LogP contribution in [0.5, 0.6) is 0 Å². The molecule has 1 aliphatic heterocycles. The molecule has 116 valence electrons. The monoisotopic (exact) mass is 316 g/mol. The van der Waals surface area contributed by atoms with E-state index in [1.165, 1.54) is 16.9 Å². The summed E-state index contributed by atoms with van der Waals surface area (Å²) >= 11 is 1.70. The number of hydrogen-bond donors (Lipinski definition) is 0. The topological polar surface area (TPSA) is 51.0 Å². The molecule has 6 heteroatoms. The van der Waals surface area contributed by atoms with E-state index in [1.807, 2.05) is 16.5 Å². The lowest BCUT2D eigenvalue weighted by Crippen LogP contribution is -2.39. The van der Waals surface area contributed by atoms with Crippen molar-refractivity contribution in [1.29, 1.82) is 0 Å². The van der Waals surface area contributed by atoms with Crippen molar-refractivity contribution in [3.8, 4) is 0 Å². The number of likely N-dealkylation sites (tertiary alicyclic amines) is 1. The van der Waals surface area contributed by atoms with Gasteiger partial charge in [-0.25, -0.2) is 0 Å². The van der Waals surface area contributed by atoms with Crippen LogP contribution in [0.2, 0.25) is 0 Å². The number of rotatable bonds is 2. The largest absolute Gasteiger partial charge is 0.337 e. The molecule has 0 spiro atoms. The molecule has 3 heterocycles. The Morgan fingerprint density at radius 2 is 2.27 bits per heavy atom. The molecular formula is C16H20N4OS. The molecule has 0 N–H and O–H groups in total. The number of thiophene rings is 1. The van der Waals surface area contributed by atoms with Crippen LogP contribution in [0.1, 0.15) is 51.1 Å². The predicted molar refractivity (Wildman–Crippen MR) is 85.2 cm³/mol. The van der Waals surface area contributed by atoms with Gasteiger partial charge in [0.05, 0.1) is 4.88 Å². The van der Waals surface area contributed by atoms with Crippen molar-refractivity contribution < 1.29 is 4.79 Å². The average molecular weight is 316 g/mol. The molecule has 0 saturated carbocycles. The van der Waals surface area contributed by atoms with Crippen LogP contribution in [0.25, 0.3) is 0 Å². The van der Waals surface area contributed by atoms with Crippen molar-refractivity contribution in [3.05, 3.63) is 33.5 Å². The molecule has 2 aromatic rings. The number of nitrogens with zero attached hydrogens (tertiary/aromatic N) is 4. The third kappa shape index (κ3) is 2.35. The Morgan fingerprint density at radius 3 is 3.05 bits per heavy atom. The second-order valence-electron chi connectivity index (χ2n) is 6.30. The van der Waals surface area contributed by atoms with E-state index in [9.17, 15) is 4.79 Å². The number of hydrogen-bond acceptors (Lipinski definition) is 4. The molecule has 2 aliphatic rings.